The Kier molecular flexibility index (Phi) is 6.52. The lowest BCUT2D eigenvalue weighted by atomic mass is 10.1. The zero-order chi connectivity index (χ0) is 21.7. The van der Waals surface area contributed by atoms with E-state index in [1.165, 1.54) is 0 Å². The minimum Gasteiger partial charge on any atom is -0.484 e. The molecule has 3 aromatic rings. The zero-order valence-electron chi connectivity index (χ0n) is 17.7. The summed E-state index contributed by atoms with van der Waals surface area (Å²) in [5, 5.41) is 5.78. The second-order valence-electron chi connectivity index (χ2n) is 7.38. The van der Waals surface area contributed by atoms with Crippen molar-refractivity contribution in [2.45, 2.75) is 27.7 Å². The van der Waals surface area contributed by atoms with Gasteiger partial charge in [0, 0.05) is 16.9 Å². The largest absolute Gasteiger partial charge is 0.484 e. The molecular weight excluding hydrogens is 376 g/mol. The third kappa shape index (κ3) is 5.26. The van der Waals surface area contributed by atoms with Gasteiger partial charge in [-0.05, 0) is 80.8 Å². The molecule has 0 fully saturated rings. The number of hydrogen-bond donors (Lipinski definition) is 2. The van der Waals surface area contributed by atoms with E-state index in [1.807, 2.05) is 64.1 Å². The summed E-state index contributed by atoms with van der Waals surface area (Å²) >= 11 is 0. The van der Waals surface area contributed by atoms with E-state index < -0.39 is 0 Å². The third-order valence-electron chi connectivity index (χ3n) is 5.00. The number of nitrogens with one attached hydrogen (secondary N) is 2. The standard InChI is InChI=1S/C25H26N2O3/c1-16-8-13-22(18(3)14-16)27-25(29)20-9-11-21(12-10-20)30-15-24(28)26-23-7-5-6-17(2)19(23)4/h5-14H,15H2,1-4H3,(H,26,28)(H,27,29). The number of benzene rings is 3. The molecule has 0 unspecified atom stereocenters. The molecule has 0 radical (unpaired) electrons. The van der Waals surface area contributed by atoms with Crippen molar-refractivity contribution >= 4 is 23.2 Å². The lowest BCUT2D eigenvalue weighted by Crippen LogP contribution is -2.20. The lowest BCUT2D eigenvalue weighted by molar-refractivity contribution is -0.118. The molecule has 2 amide bonds. The molecule has 0 aliphatic rings. The molecule has 3 aromatic carbocycles. The molecule has 0 aliphatic carbocycles. The zero-order valence-corrected chi connectivity index (χ0v) is 17.7. The first-order valence-corrected chi connectivity index (χ1v) is 9.81. The topological polar surface area (TPSA) is 67.4 Å². The minimum absolute atomic E-state index is 0.110. The molecule has 0 bridgehead atoms. The number of amides is 2. The molecule has 0 atom stereocenters. The monoisotopic (exact) mass is 402 g/mol. The van der Waals surface area contributed by atoms with Gasteiger partial charge in [-0.1, -0.05) is 29.8 Å². The summed E-state index contributed by atoms with van der Waals surface area (Å²) < 4.78 is 5.55. The van der Waals surface area contributed by atoms with Crippen molar-refractivity contribution in [3.8, 4) is 5.75 Å². The highest BCUT2D eigenvalue weighted by Gasteiger charge is 2.10. The summed E-state index contributed by atoms with van der Waals surface area (Å²) in [5.74, 6) is 0.0933. The average molecular weight is 402 g/mol. The predicted molar refractivity (Wildman–Crippen MR) is 120 cm³/mol. The molecule has 30 heavy (non-hydrogen) atoms. The molecule has 0 saturated heterocycles. The number of anilines is 2. The Morgan fingerprint density at radius 3 is 2.23 bits per heavy atom. The van der Waals surface area contributed by atoms with Crippen LogP contribution in [0, 0.1) is 27.7 Å². The van der Waals surface area contributed by atoms with Gasteiger partial charge in [-0.25, -0.2) is 0 Å². The third-order valence-corrected chi connectivity index (χ3v) is 5.00. The Balaban J connectivity index is 1.55. The van der Waals surface area contributed by atoms with Crippen molar-refractivity contribution in [3.05, 3.63) is 88.5 Å². The summed E-state index contributed by atoms with van der Waals surface area (Å²) in [4.78, 5) is 24.7. The highest BCUT2D eigenvalue weighted by molar-refractivity contribution is 6.04. The summed E-state index contributed by atoms with van der Waals surface area (Å²) in [6, 6.07) is 18.4. The van der Waals surface area contributed by atoms with Crippen LogP contribution in [0.5, 0.6) is 5.75 Å². The average Bonchev–Trinajstić information content (AvgIpc) is 2.72. The quantitative estimate of drug-likeness (QED) is 0.596. The van der Waals surface area contributed by atoms with Crippen LogP contribution in [0.1, 0.15) is 32.6 Å². The highest BCUT2D eigenvalue weighted by Crippen LogP contribution is 2.20. The van der Waals surface area contributed by atoms with Crippen molar-refractivity contribution < 1.29 is 14.3 Å². The molecule has 5 nitrogen and oxygen atoms in total. The Morgan fingerprint density at radius 1 is 0.800 bits per heavy atom. The number of ether oxygens (including phenoxy) is 1. The van der Waals surface area contributed by atoms with Gasteiger partial charge in [-0.2, -0.15) is 0 Å². The summed E-state index contributed by atoms with van der Waals surface area (Å²) in [6.07, 6.45) is 0. The molecular formula is C25H26N2O3. The fourth-order valence-electron chi connectivity index (χ4n) is 3.07. The smallest absolute Gasteiger partial charge is 0.262 e. The number of hydrogen-bond acceptors (Lipinski definition) is 3. The Morgan fingerprint density at radius 2 is 1.53 bits per heavy atom. The van der Waals surface area contributed by atoms with Crippen LogP contribution < -0.4 is 15.4 Å². The summed E-state index contributed by atoms with van der Waals surface area (Å²) in [5.41, 5.74) is 6.39. The lowest BCUT2D eigenvalue weighted by Gasteiger charge is -2.12. The van der Waals surface area contributed by atoms with E-state index in [1.54, 1.807) is 24.3 Å². The number of carbonyl (C=O) groups is 2. The van der Waals surface area contributed by atoms with Gasteiger partial charge in [0.1, 0.15) is 5.75 Å². The number of carbonyl (C=O) groups excluding carboxylic acids is 2. The predicted octanol–water partition coefficient (Wildman–Crippen LogP) is 5.19. The number of aryl methyl sites for hydroxylation is 3. The molecule has 5 heteroatoms. The molecule has 0 aliphatic heterocycles. The van der Waals surface area contributed by atoms with Gasteiger partial charge in [0.25, 0.3) is 11.8 Å². The van der Waals surface area contributed by atoms with Crippen LogP contribution in [-0.4, -0.2) is 18.4 Å². The first-order chi connectivity index (χ1) is 14.3. The first-order valence-electron chi connectivity index (χ1n) is 9.81. The van der Waals surface area contributed by atoms with Gasteiger partial charge in [-0.15, -0.1) is 0 Å². The van der Waals surface area contributed by atoms with Crippen LogP contribution in [0.15, 0.2) is 60.7 Å². The minimum atomic E-state index is -0.236. The second-order valence-corrected chi connectivity index (χ2v) is 7.38. The maximum absolute atomic E-state index is 12.5. The first kappa shape index (κ1) is 21.1. The van der Waals surface area contributed by atoms with Crippen molar-refractivity contribution in [1.29, 1.82) is 0 Å². The highest BCUT2D eigenvalue weighted by atomic mass is 16.5. The van der Waals surface area contributed by atoms with E-state index in [-0.39, 0.29) is 18.4 Å². The molecule has 0 saturated carbocycles. The molecule has 2 N–H and O–H groups in total. The van der Waals surface area contributed by atoms with E-state index in [0.29, 0.717) is 11.3 Å². The Labute approximate surface area is 177 Å². The maximum atomic E-state index is 12.5. The summed E-state index contributed by atoms with van der Waals surface area (Å²) in [6.45, 7) is 7.83. The normalized spacial score (nSPS) is 10.4. The van der Waals surface area contributed by atoms with E-state index in [9.17, 15) is 9.59 Å². The van der Waals surface area contributed by atoms with E-state index in [4.69, 9.17) is 4.74 Å². The van der Waals surface area contributed by atoms with E-state index in [2.05, 4.69) is 10.6 Å². The van der Waals surface area contributed by atoms with E-state index >= 15 is 0 Å². The fourth-order valence-corrected chi connectivity index (χ4v) is 3.07. The van der Waals surface area contributed by atoms with Gasteiger partial charge in [0.2, 0.25) is 0 Å². The molecule has 154 valence electrons. The van der Waals surface area contributed by atoms with Gasteiger partial charge in [-0.3, -0.25) is 9.59 Å². The molecule has 3 rings (SSSR count). The van der Waals surface area contributed by atoms with Crippen LogP contribution in [0.3, 0.4) is 0 Å². The van der Waals surface area contributed by atoms with Crippen molar-refractivity contribution in [2.75, 3.05) is 17.2 Å². The van der Waals surface area contributed by atoms with Crippen LogP contribution in [-0.2, 0) is 4.79 Å². The van der Waals surface area contributed by atoms with Crippen LogP contribution in [0.25, 0.3) is 0 Å². The van der Waals surface area contributed by atoms with Crippen LogP contribution in [0.4, 0.5) is 11.4 Å². The van der Waals surface area contributed by atoms with Gasteiger partial charge in [0.05, 0.1) is 0 Å². The Bertz CT molecular complexity index is 1070. The van der Waals surface area contributed by atoms with Crippen molar-refractivity contribution in [3.63, 3.8) is 0 Å². The van der Waals surface area contributed by atoms with Crippen molar-refractivity contribution in [1.82, 2.24) is 0 Å². The maximum Gasteiger partial charge on any atom is 0.262 e. The fraction of sp³-hybridized carbons (Fsp3) is 0.200. The van der Waals surface area contributed by atoms with Crippen LogP contribution in [0.2, 0.25) is 0 Å². The van der Waals surface area contributed by atoms with Gasteiger partial charge in [0.15, 0.2) is 6.61 Å². The number of rotatable bonds is 6. The van der Waals surface area contributed by atoms with Gasteiger partial charge < -0.3 is 15.4 Å². The second kappa shape index (κ2) is 9.27. The summed E-state index contributed by atoms with van der Waals surface area (Å²) in [7, 11) is 0. The molecule has 0 aromatic heterocycles. The Hall–Kier alpha value is -3.60. The SMILES string of the molecule is Cc1ccc(NC(=O)c2ccc(OCC(=O)Nc3cccc(C)c3C)cc2)c(C)c1. The van der Waals surface area contributed by atoms with E-state index in [0.717, 1.165) is 33.6 Å². The molecule has 0 spiro atoms. The van der Waals surface area contributed by atoms with Crippen LogP contribution >= 0.6 is 0 Å². The van der Waals surface area contributed by atoms with Crippen molar-refractivity contribution in [2.24, 2.45) is 0 Å². The van der Waals surface area contributed by atoms with Gasteiger partial charge >= 0.3 is 0 Å². The molecule has 0 heterocycles.